The zero-order valence-electron chi connectivity index (χ0n) is 16.7. The highest BCUT2D eigenvalue weighted by molar-refractivity contribution is 5.79. The average Bonchev–Trinajstić information content (AvgIpc) is 2.62. The lowest BCUT2D eigenvalue weighted by atomic mass is 9.99. The minimum Gasteiger partial charge on any atom is -0.375 e. The molecule has 2 N–H and O–H groups in total. The average molecular weight is 364 g/mol. The van der Waals surface area contributed by atoms with Crippen molar-refractivity contribution >= 4 is 11.6 Å². The number of nitrogens with zero attached hydrogens (tertiary/aromatic N) is 3. The molecule has 26 heavy (non-hydrogen) atoms. The predicted molar refractivity (Wildman–Crippen MR) is 108 cm³/mol. The fourth-order valence-corrected chi connectivity index (χ4v) is 3.22. The molecule has 146 valence electrons. The summed E-state index contributed by atoms with van der Waals surface area (Å²) in [6, 6.07) is 5.32. The summed E-state index contributed by atoms with van der Waals surface area (Å²) in [5.41, 5.74) is 1.50. The van der Waals surface area contributed by atoms with Gasteiger partial charge in [-0.25, -0.2) is 4.39 Å². The maximum absolute atomic E-state index is 14.0. The summed E-state index contributed by atoms with van der Waals surface area (Å²) in [5, 5.41) is 6.59. The second-order valence-corrected chi connectivity index (χ2v) is 7.41. The Morgan fingerprint density at radius 2 is 2.00 bits per heavy atom. The molecule has 1 fully saturated rings. The molecule has 0 aliphatic carbocycles. The zero-order valence-corrected chi connectivity index (χ0v) is 16.7. The Morgan fingerprint density at radius 3 is 2.62 bits per heavy atom. The van der Waals surface area contributed by atoms with E-state index in [4.69, 9.17) is 0 Å². The maximum Gasteiger partial charge on any atom is 0.191 e. The van der Waals surface area contributed by atoms with Crippen LogP contribution in [0.2, 0.25) is 0 Å². The van der Waals surface area contributed by atoms with Gasteiger partial charge in [-0.15, -0.1) is 0 Å². The number of hydrogen-bond acceptors (Lipinski definition) is 3. The minimum atomic E-state index is -0.201. The van der Waals surface area contributed by atoms with Crippen molar-refractivity contribution in [2.75, 3.05) is 52.2 Å². The van der Waals surface area contributed by atoms with E-state index in [1.54, 1.807) is 18.0 Å². The summed E-state index contributed by atoms with van der Waals surface area (Å²) >= 11 is 0. The van der Waals surface area contributed by atoms with Crippen molar-refractivity contribution in [3.63, 3.8) is 0 Å². The van der Waals surface area contributed by atoms with Crippen molar-refractivity contribution in [3.05, 3.63) is 29.6 Å². The first-order chi connectivity index (χ1) is 12.5. The molecule has 5 nitrogen and oxygen atoms in total. The summed E-state index contributed by atoms with van der Waals surface area (Å²) in [5.74, 6) is 1.44. The molecule has 6 heteroatoms. The molecule has 0 amide bonds. The maximum atomic E-state index is 14.0. The standard InChI is InChI=1S/C20H34FN5/c1-16-8-12-26(13-9-16)11-5-10-23-20(22-2)24-15-17-6-7-19(25(3)4)18(21)14-17/h6-7,14,16H,5,8-13,15H2,1-4H3,(H2,22,23,24). The first-order valence-electron chi connectivity index (χ1n) is 9.62. The molecule has 1 saturated heterocycles. The van der Waals surface area contributed by atoms with Crippen LogP contribution in [-0.4, -0.2) is 58.2 Å². The van der Waals surface area contributed by atoms with Gasteiger partial charge >= 0.3 is 0 Å². The van der Waals surface area contributed by atoms with Crippen LogP contribution in [0.1, 0.15) is 31.7 Å². The summed E-state index contributed by atoms with van der Waals surface area (Å²) < 4.78 is 14.0. The second kappa shape index (κ2) is 10.4. The van der Waals surface area contributed by atoms with Crippen molar-refractivity contribution in [3.8, 4) is 0 Å². The topological polar surface area (TPSA) is 42.9 Å². The Hall–Kier alpha value is -1.82. The van der Waals surface area contributed by atoms with E-state index < -0.39 is 0 Å². The third-order valence-corrected chi connectivity index (χ3v) is 5.00. The third kappa shape index (κ3) is 6.48. The quantitative estimate of drug-likeness (QED) is 0.444. The summed E-state index contributed by atoms with van der Waals surface area (Å²) in [4.78, 5) is 8.57. The molecule has 0 atom stereocenters. The summed E-state index contributed by atoms with van der Waals surface area (Å²) in [7, 11) is 5.44. The van der Waals surface area contributed by atoms with Gasteiger partial charge in [0, 0.05) is 34.2 Å². The van der Waals surface area contributed by atoms with Crippen molar-refractivity contribution in [1.29, 1.82) is 0 Å². The van der Waals surface area contributed by atoms with Crippen molar-refractivity contribution < 1.29 is 4.39 Å². The van der Waals surface area contributed by atoms with Crippen LogP contribution in [0.4, 0.5) is 10.1 Å². The Labute approximate surface area is 157 Å². The Morgan fingerprint density at radius 1 is 1.27 bits per heavy atom. The van der Waals surface area contributed by atoms with Crippen LogP contribution in [0, 0.1) is 11.7 Å². The molecule has 0 spiro atoms. The Balaban J connectivity index is 1.68. The largest absolute Gasteiger partial charge is 0.375 e. The smallest absolute Gasteiger partial charge is 0.191 e. The van der Waals surface area contributed by atoms with Crippen molar-refractivity contribution in [2.24, 2.45) is 10.9 Å². The van der Waals surface area contributed by atoms with E-state index in [9.17, 15) is 4.39 Å². The van der Waals surface area contributed by atoms with E-state index in [2.05, 4.69) is 27.4 Å². The van der Waals surface area contributed by atoms with E-state index in [1.807, 2.05) is 26.2 Å². The van der Waals surface area contributed by atoms with Crippen LogP contribution >= 0.6 is 0 Å². The van der Waals surface area contributed by atoms with E-state index >= 15 is 0 Å². The molecule has 1 aliphatic heterocycles. The predicted octanol–water partition coefficient (Wildman–Crippen LogP) is 2.68. The van der Waals surface area contributed by atoms with Gasteiger partial charge in [0.25, 0.3) is 0 Å². The number of anilines is 1. The number of halogens is 1. The molecule has 2 rings (SSSR count). The number of likely N-dealkylation sites (tertiary alicyclic amines) is 1. The van der Waals surface area contributed by atoms with Gasteiger partial charge in [0.1, 0.15) is 5.82 Å². The lowest BCUT2D eigenvalue weighted by Gasteiger charge is -2.30. The molecule has 1 aromatic carbocycles. The van der Waals surface area contributed by atoms with Gasteiger partial charge in [0.15, 0.2) is 5.96 Å². The number of nitrogens with one attached hydrogen (secondary N) is 2. The summed E-state index contributed by atoms with van der Waals surface area (Å²) in [6.07, 6.45) is 3.74. The second-order valence-electron chi connectivity index (χ2n) is 7.41. The van der Waals surface area contributed by atoms with Crippen LogP contribution in [0.5, 0.6) is 0 Å². The summed E-state index contributed by atoms with van der Waals surface area (Å²) in [6.45, 7) is 7.36. The minimum absolute atomic E-state index is 0.201. The molecule has 1 heterocycles. The van der Waals surface area contributed by atoms with E-state index in [0.717, 1.165) is 37.0 Å². The molecular weight excluding hydrogens is 329 g/mol. The zero-order chi connectivity index (χ0) is 18.9. The first kappa shape index (κ1) is 20.5. The van der Waals surface area contributed by atoms with Crippen LogP contribution in [0.15, 0.2) is 23.2 Å². The van der Waals surface area contributed by atoms with E-state index in [-0.39, 0.29) is 5.82 Å². The number of aliphatic imine (C=N–C) groups is 1. The molecule has 1 aliphatic rings. The first-order valence-corrected chi connectivity index (χ1v) is 9.62. The van der Waals surface area contributed by atoms with Gasteiger partial charge in [-0.2, -0.15) is 0 Å². The lowest BCUT2D eigenvalue weighted by Crippen LogP contribution is -2.39. The Kier molecular flexibility index (Phi) is 8.16. The molecule has 0 bridgehead atoms. The fraction of sp³-hybridized carbons (Fsp3) is 0.650. The highest BCUT2D eigenvalue weighted by atomic mass is 19.1. The van der Waals surface area contributed by atoms with Gasteiger partial charge in [0.2, 0.25) is 0 Å². The molecule has 0 saturated carbocycles. The van der Waals surface area contributed by atoms with Gasteiger partial charge in [0.05, 0.1) is 5.69 Å². The van der Waals surface area contributed by atoms with Gasteiger partial charge in [-0.1, -0.05) is 13.0 Å². The number of guanidine groups is 1. The van der Waals surface area contributed by atoms with Crippen LogP contribution < -0.4 is 15.5 Å². The normalized spacial score (nSPS) is 16.6. The van der Waals surface area contributed by atoms with E-state index in [0.29, 0.717) is 12.2 Å². The SMILES string of the molecule is CN=C(NCCCN1CCC(C)CC1)NCc1ccc(N(C)C)c(F)c1. The van der Waals surface area contributed by atoms with Crippen LogP contribution in [-0.2, 0) is 6.54 Å². The monoisotopic (exact) mass is 363 g/mol. The molecule has 0 aromatic heterocycles. The van der Waals surface area contributed by atoms with Crippen molar-refractivity contribution in [1.82, 2.24) is 15.5 Å². The number of piperidine rings is 1. The molecule has 0 radical (unpaired) electrons. The number of hydrogen-bond donors (Lipinski definition) is 2. The highest BCUT2D eigenvalue weighted by Crippen LogP contribution is 2.18. The molecule has 1 aromatic rings. The van der Waals surface area contributed by atoms with Gasteiger partial charge in [-0.3, -0.25) is 4.99 Å². The van der Waals surface area contributed by atoms with Crippen molar-refractivity contribution in [2.45, 2.75) is 32.7 Å². The molecular formula is C20H34FN5. The number of rotatable bonds is 7. The van der Waals surface area contributed by atoms with Gasteiger partial charge < -0.3 is 20.4 Å². The number of benzene rings is 1. The van der Waals surface area contributed by atoms with Gasteiger partial charge in [-0.05, 0) is 62.5 Å². The van der Waals surface area contributed by atoms with Crippen LogP contribution in [0.25, 0.3) is 0 Å². The highest BCUT2D eigenvalue weighted by Gasteiger charge is 2.14. The van der Waals surface area contributed by atoms with E-state index in [1.165, 1.54) is 25.9 Å². The Bertz CT molecular complexity index is 580. The molecule has 0 unspecified atom stereocenters. The fourth-order valence-electron chi connectivity index (χ4n) is 3.22. The van der Waals surface area contributed by atoms with Crippen LogP contribution in [0.3, 0.4) is 0 Å². The third-order valence-electron chi connectivity index (χ3n) is 5.00. The lowest BCUT2D eigenvalue weighted by molar-refractivity contribution is 0.191.